The fraction of sp³-hybridized carbons (Fsp3) is 0.229. The zero-order chi connectivity index (χ0) is 33.4. The first kappa shape index (κ1) is 31.5. The average molecular weight is 670 g/mol. The molecular weight excluding hydrogens is 637 g/mol. The molecule has 246 valence electrons. The topological polar surface area (TPSA) is 131 Å². The highest BCUT2D eigenvalue weighted by atomic mass is 32.2. The van der Waals surface area contributed by atoms with Gasteiger partial charge in [0.05, 0.1) is 30.7 Å². The summed E-state index contributed by atoms with van der Waals surface area (Å²) in [5, 5.41) is 3.14. The van der Waals surface area contributed by atoms with E-state index in [-0.39, 0.29) is 17.9 Å². The van der Waals surface area contributed by atoms with Gasteiger partial charge in [0.15, 0.2) is 11.2 Å². The number of halogens is 1. The van der Waals surface area contributed by atoms with Gasteiger partial charge in [-0.05, 0) is 60.2 Å². The van der Waals surface area contributed by atoms with Crippen molar-refractivity contribution in [1.82, 2.24) is 20.2 Å². The third-order valence-corrected chi connectivity index (χ3v) is 9.52. The van der Waals surface area contributed by atoms with Gasteiger partial charge in [0, 0.05) is 67.6 Å². The number of benzene rings is 3. The Hall–Kier alpha value is -5.11. The fourth-order valence-electron chi connectivity index (χ4n) is 5.96. The van der Waals surface area contributed by atoms with Crippen LogP contribution in [0.4, 0.5) is 10.1 Å². The van der Waals surface area contributed by atoms with Crippen molar-refractivity contribution in [3.05, 3.63) is 90.4 Å². The Morgan fingerprint density at radius 3 is 2.46 bits per heavy atom. The fourth-order valence-corrected chi connectivity index (χ4v) is 6.88. The van der Waals surface area contributed by atoms with Gasteiger partial charge in [-0.15, -0.1) is 0 Å². The molecule has 0 atom stereocenters. The van der Waals surface area contributed by atoms with Gasteiger partial charge in [-0.2, -0.15) is 4.98 Å². The van der Waals surface area contributed by atoms with E-state index in [4.69, 9.17) is 13.6 Å². The van der Waals surface area contributed by atoms with E-state index in [9.17, 15) is 17.6 Å². The molecule has 0 unspecified atom stereocenters. The minimum absolute atomic E-state index is 0.168. The largest absolute Gasteiger partial charge is 0.455 e. The lowest BCUT2D eigenvalue weighted by Crippen LogP contribution is -2.43. The molecule has 48 heavy (non-hydrogen) atoms. The molecule has 0 radical (unpaired) electrons. The van der Waals surface area contributed by atoms with Crippen LogP contribution in [0.25, 0.3) is 56.1 Å². The second-order valence-corrected chi connectivity index (χ2v) is 13.4. The van der Waals surface area contributed by atoms with Crippen LogP contribution in [0.2, 0.25) is 0 Å². The van der Waals surface area contributed by atoms with Crippen molar-refractivity contribution in [2.45, 2.75) is 0 Å². The summed E-state index contributed by atoms with van der Waals surface area (Å²) in [5.41, 5.74) is 4.27. The molecular formula is C35H32FN5O6S. The molecule has 13 heteroatoms. The van der Waals surface area contributed by atoms with Gasteiger partial charge in [0.1, 0.15) is 17.2 Å². The maximum Gasteiger partial charge on any atom is 0.255 e. The zero-order valence-corrected chi connectivity index (χ0v) is 27.1. The van der Waals surface area contributed by atoms with E-state index in [0.717, 1.165) is 0 Å². The maximum atomic E-state index is 13.9. The van der Waals surface area contributed by atoms with Crippen LogP contribution in [0.3, 0.4) is 0 Å². The number of hydrogen-bond donors (Lipinski definition) is 1. The Bertz CT molecular complexity index is 2210. The van der Waals surface area contributed by atoms with Gasteiger partial charge in [-0.3, -0.25) is 14.0 Å². The summed E-state index contributed by atoms with van der Waals surface area (Å²) in [4.78, 5) is 24.4. The Labute approximate surface area is 276 Å². The van der Waals surface area contributed by atoms with Crippen LogP contribution in [-0.4, -0.2) is 81.9 Å². The summed E-state index contributed by atoms with van der Waals surface area (Å²) in [6.45, 7) is 3.19. The van der Waals surface area contributed by atoms with Crippen molar-refractivity contribution < 1.29 is 31.2 Å². The van der Waals surface area contributed by atoms with Gasteiger partial charge in [-0.1, -0.05) is 12.1 Å². The molecule has 1 fully saturated rings. The molecule has 3 aromatic heterocycles. The SMILES string of the molecule is CNC(=O)c1c(-c2ccc(F)cc2)oc2cc(N(CCN3CCOCC3)S(C)(=O)=O)c(-c3cccc(-c4nc5ncccc5o4)c3)cc12. The normalized spacial score (nSPS) is 14.1. The minimum atomic E-state index is -3.81. The molecule has 1 aliphatic rings. The number of fused-ring (bicyclic) bond motifs is 2. The van der Waals surface area contributed by atoms with Crippen molar-refractivity contribution in [1.29, 1.82) is 0 Å². The molecule has 11 nitrogen and oxygen atoms in total. The Kier molecular flexibility index (Phi) is 8.42. The predicted octanol–water partition coefficient (Wildman–Crippen LogP) is 5.57. The number of hydrogen-bond acceptors (Lipinski definition) is 9. The van der Waals surface area contributed by atoms with Crippen LogP contribution in [0.5, 0.6) is 0 Å². The Balaban J connectivity index is 1.44. The summed E-state index contributed by atoms with van der Waals surface area (Å²) in [6, 6.07) is 20.0. The number of sulfonamides is 1. The molecule has 7 rings (SSSR count). The van der Waals surface area contributed by atoms with E-state index in [1.807, 2.05) is 24.3 Å². The first-order valence-electron chi connectivity index (χ1n) is 15.4. The number of nitrogens with one attached hydrogen (secondary N) is 1. The zero-order valence-electron chi connectivity index (χ0n) is 26.3. The van der Waals surface area contributed by atoms with Crippen molar-refractivity contribution in [2.24, 2.45) is 0 Å². The number of carbonyl (C=O) groups is 1. The number of aromatic nitrogens is 2. The molecule has 0 aliphatic carbocycles. The summed E-state index contributed by atoms with van der Waals surface area (Å²) >= 11 is 0. The number of pyridine rings is 1. The Morgan fingerprint density at radius 1 is 0.958 bits per heavy atom. The number of amides is 1. The van der Waals surface area contributed by atoms with Crippen LogP contribution in [0.1, 0.15) is 10.4 Å². The summed E-state index contributed by atoms with van der Waals surface area (Å²) in [7, 11) is -2.29. The Morgan fingerprint density at radius 2 is 1.73 bits per heavy atom. The lowest BCUT2D eigenvalue weighted by atomic mass is 9.97. The average Bonchev–Trinajstić information content (AvgIpc) is 3.70. The van der Waals surface area contributed by atoms with E-state index in [1.54, 1.807) is 30.5 Å². The van der Waals surface area contributed by atoms with E-state index in [2.05, 4.69) is 20.2 Å². The van der Waals surface area contributed by atoms with E-state index >= 15 is 0 Å². The third-order valence-electron chi connectivity index (χ3n) is 8.34. The van der Waals surface area contributed by atoms with Crippen molar-refractivity contribution >= 4 is 43.8 Å². The number of morpholine rings is 1. The van der Waals surface area contributed by atoms with Gasteiger partial charge in [0.25, 0.3) is 5.91 Å². The first-order chi connectivity index (χ1) is 23.2. The van der Waals surface area contributed by atoms with Gasteiger partial charge < -0.3 is 18.9 Å². The number of anilines is 1. The quantitative estimate of drug-likeness (QED) is 0.210. The molecule has 6 aromatic rings. The molecule has 1 saturated heterocycles. The second-order valence-electron chi connectivity index (χ2n) is 11.5. The number of nitrogens with zero attached hydrogens (tertiary/aromatic N) is 4. The van der Waals surface area contributed by atoms with Crippen molar-refractivity contribution in [3.63, 3.8) is 0 Å². The number of rotatable bonds is 9. The predicted molar refractivity (Wildman–Crippen MR) is 181 cm³/mol. The lowest BCUT2D eigenvalue weighted by Gasteiger charge is -2.31. The highest BCUT2D eigenvalue weighted by molar-refractivity contribution is 7.92. The van der Waals surface area contributed by atoms with Gasteiger partial charge in [0.2, 0.25) is 15.9 Å². The van der Waals surface area contributed by atoms with E-state index in [0.29, 0.717) is 88.9 Å². The molecule has 1 N–H and O–H groups in total. The summed E-state index contributed by atoms with van der Waals surface area (Å²) in [5.74, 6) is -0.251. The molecule has 1 aliphatic heterocycles. The van der Waals surface area contributed by atoms with Crippen molar-refractivity contribution in [2.75, 3.05) is 57.0 Å². The van der Waals surface area contributed by atoms with Crippen LogP contribution < -0.4 is 9.62 Å². The van der Waals surface area contributed by atoms with Crippen LogP contribution >= 0.6 is 0 Å². The molecule has 1 amide bonds. The number of ether oxygens (including phenoxy) is 1. The van der Waals surface area contributed by atoms with Crippen molar-refractivity contribution in [3.8, 4) is 33.9 Å². The van der Waals surface area contributed by atoms with Crippen LogP contribution in [0, 0.1) is 5.82 Å². The maximum absolute atomic E-state index is 13.9. The molecule has 0 saturated carbocycles. The van der Waals surface area contributed by atoms with E-state index in [1.165, 1.54) is 41.9 Å². The summed E-state index contributed by atoms with van der Waals surface area (Å²) < 4.78 is 60.0. The second kappa shape index (κ2) is 12.8. The number of carbonyl (C=O) groups excluding carboxylic acids is 1. The number of oxazole rings is 1. The van der Waals surface area contributed by atoms with E-state index < -0.39 is 21.7 Å². The molecule has 3 aromatic carbocycles. The first-order valence-corrected chi connectivity index (χ1v) is 17.2. The lowest BCUT2D eigenvalue weighted by molar-refractivity contribution is 0.0395. The minimum Gasteiger partial charge on any atom is -0.455 e. The summed E-state index contributed by atoms with van der Waals surface area (Å²) in [6.07, 6.45) is 2.81. The molecule has 0 spiro atoms. The third kappa shape index (κ3) is 6.15. The standard InChI is InChI=1S/C35H32FN5O6S/c1-37-34(42)31-27-20-26(23-5-3-6-24(19-23)35-39-33-29(47-35)7-4-12-38-33)28(21-30(27)46-32(31)22-8-10-25(36)11-9-22)41(48(2,43)44)14-13-40-15-17-45-18-16-40/h3-12,19-21H,13-18H2,1-2H3,(H,37,42). The van der Waals surface area contributed by atoms with Gasteiger partial charge >= 0.3 is 0 Å². The highest BCUT2D eigenvalue weighted by Gasteiger charge is 2.28. The van der Waals surface area contributed by atoms with Crippen LogP contribution in [0.15, 0.2) is 87.8 Å². The molecule has 0 bridgehead atoms. The van der Waals surface area contributed by atoms with Gasteiger partial charge in [-0.25, -0.2) is 17.8 Å². The monoisotopic (exact) mass is 669 g/mol. The number of furan rings is 1. The smallest absolute Gasteiger partial charge is 0.255 e. The highest BCUT2D eigenvalue weighted by Crippen LogP contribution is 2.42. The van der Waals surface area contributed by atoms with Crippen LogP contribution in [-0.2, 0) is 14.8 Å². The molecule has 4 heterocycles.